The van der Waals surface area contributed by atoms with Crippen LogP contribution in [0.15, 0.2) is 17.1 Å². The van der Waals surface area contributed by atoms with Crippen LogP contribution in [-0.4, -0.2) is 63.2 Å². The van der Waals surface area contributed by atoms with Gasteiger partial charge in [0, 0.05) is 12.9 Å². The quantitative estimate of drug-likeness (QED) is 0.369. The second kappa shape index (κ2) is 7.70. The lowest BCUT2D eigenvalue weighted by molar-refractivity contribution is -0.0528. The second-order valence-corrected chi connectivity index (χ2v) is 7.20. The van der Waals surface area contributed by atoms with Crippen LogP contribution in [0.4, 0.5) is 5.82 Å². The number of aliphatic hydroxyl groups excluding tert-OH is 2. The molecule has 1 fully saturated rings. The third kappa shape index (κ3) is 4.19. The molecule has 2 heterocycles. The van der Waals surface area contributed by atoms with Crippen LogP contribution in [-0.2, 0) is 18.3 Å². The third-order valence-corrected chi connectivity index (χ3v) is 4.74. The normalized spacial score (nSPS) is 29.4. The van der Waals surface area contributed by atoms with Gasteiger partial charge in [-0.1, -0.05) is 0 Å². The van der Waals surface area contributed by atoms with Crippen molar-refractivity contribution in [1.29, 1.82) is 0 Å². The lowest BCUT2D eigenvalue weighted by Crippen LogP contribution is -2.36. The van der Waals surface area contributed by atoms with Crippen LogP contribution < -0.4 is 11.2 Å². The highest BCUT2D eigenvalue weighted by Crippen LogP contribution is 2.44. The molecule has 2 unspecified atom stereocenters. The van der Waals surface area contributed by atoms with Crippen molar-refractivity contribution in [3.05, 3.63) is 22.7 Å². The Bertz CT molecular complexity index is 668. The highest BCUT2D eigenvalue weighted by atomic mass is 31.2. The summed E-state index contributed by atoms with van der Waals surface area (Å²) in [7, 11) is -3.29. The van der Waals surface area contributed by atoms with Gasteiger partial charge >= 0.3 is 13.3 Å². The first-order chi connectivity index (χ1) is 11.3. The topological polar surface area (TPSA) is 152 Å². The smallest absolute Gasteiger partial charge is 0.351 e. The van der Waals surface area contributed by atoms with Gasteiger partial charge in [0.05, 0.1) is 13.2 Å². The van der Waals surface area contributed by atoms with E-state index in [1.165, 1.54) is 18.9 Å². The highest BCUT2D eigenvalue weighted by molar-refractivity contribution is 7.52. The van der Waals surface area contributed by atoms with Crippen molar-refractivity contribution < 1.29 is 33.8 Å². The van der Waals surface area contributed by atoms with Crippen LogP contribution >= 0.6 is 7.60 Å². The van der Waals surface area contributed by atoms with Crippen LogP contribution in [0.2, 0.25) is 0 Å². The van der Waals surface area contributed by atoms with E-state index in [0.29, 0.717) is 0 Å². The number of rotatable bonds is 7. The Labute approximate surface area is 137 Å². The third-order valence-electron chi connectivity index (χ3n) is 3.39. The Balaban J connectivity index is 2.10. The van der Waals surface area contributed by atoms with Crippen LogP contribution in [0, 0.1) is 0 Å². The Hall–Kier alpha value is -1.33. The summed E-state index contributed by atoms with van der Waals surface area (Å²) in [6.45, 7) is 2.84. The Kier molecular flexibility index (Phi) is 6.10. The van der Waals surface area contributed by atoms with Crippen LogP contribution in [0.5, 0.6) is 0 Å². The summed E-state index contributed by atoms with van der Waals surface area (Å²) in [5.41, 5.74) is 0.918. The molecule has 12 heteroatoms. The molecular formula is C12H20N3O8P. The number of nitrogens with one attached hydrogen (secondary N) is 1. The number of anilines is 1. The SMILES string of the molecule is CCOP(C)(=O)OC[C@H]1O[C@@H](n2ccc(NO)nc2=O)[C@@H](O)C1O. The summed E-state index contributed by atoms with van der Waals surface area (Å²) < 4.78 is 28.4. The van der Waals surface area contributed by atoms with Crippen molar-refractivity contribution in [3.8, 4) is 0 Å². The van der Waals surface area contributed by atoms with E-state index in [1.54, 1.807) is 12.4 Å². The molecular weight excluding hydrogens is 345 g/mol. The fourth-order valence-electron chi connectivity index (χ4n) is 2.25. The maximum Gasteiger partial charge on any atom is 0.351 e. The van der Waals surface area contributed by atoms with E-state index in [1.807, 2.05) is 0 Å². The summed E-state index contributed by atoms with van der Waals surface area (Å²) in [4.78, 5) is 15.4. The summed E-state index contributed by atoms with van der Waals surface area (Å²) in [6.07, 6.45) is -3.76. The predicted octanol–water partition coefficient (Wildman–Crippen LogP) is -0.460. The van der Waals surface area contributed by atoms with Gasteiger partial charge in [0.1, 0.15) is 18.3 Å². The molecule has 0 saturated carbocycles. The molecule has 1 aromatic heterocycles. The number of aliphatic hydroxyl groups is 2. The van der Waals surface area contributed by atoms with Gasteiger partial charge in [-0.2, -0.15) is 4.98 Å². The van der Waals surface area contributed by atoms with Crippen molar-refractivity contribution in [2.24, 2.45) is 0 Å². The molecule has 0 aromatic carbocycles. The fraction of sp³-hybridized carbons (Fsp3) is 0.667. The first-order valence-corrected chi connectivity index (χ1v) is 9.15. The van der Waals surface area contributed by atoms with Crippen molar-refractivity contribution in [3.63, 3.8) is 0 Å². The van der Waals surface area contributed by atoms with Gasteiger partial charge in [-0.05, 0) is 13.0 Å². The fourth-order valence-corrected chi connectivity index (χ4v) is 3.21. The summed E-state index contributed by atoms with van der Waals surface area (Å²) in [6, 6.07) is 1.28. The van der Waals surface area contributed by atoms with E-state index in [9.17, 15) is 19.6 Å². The van der Waals surface area contributed by atoms with Gasteiger partial charge in [0.15, 0.2) is 12.0 Å². The average Bonchev–Trinajstić information content (AvgIpc) is 2.81. The molecule has 24 heavy (non-hydrogen) atoms. The minimum Gasteiger partial charge on any atom is -0.387 e. The van der Waals surface area contributed by atoms with Gasteiger partial charge in [-0.15, -0.1) is 0 Å². The maximum atomic E-state index is 11.9. The Morgan fingerprint density at radius 3 is 2.71 bits per heavy atom. The molecule has 2 rings (SSSR count). The summed E-state index contributed by atoms with van der Waals surface area (Å²) in [5.74, 6) is -0.0761. The predicted molar refractivity (Wildman–Crippen MR) is 80.9 cm³/mol. The van der Waals surface area contributed by atoms with Crippen LogP contribution in [0.1, 0.15) is 13.2 Å². The number of hydrogen-bond acceptors (Lipinski definition) is 10. The van der Waals surface area contributed by atoms with E-state index in [2.05, 4.69) is 4.98 Å². The average molecular weight is 365 g/mol. The molecule has 0 bridgehead atoms. The largest absolute Gasteiger partial charge is 0.387 e. The van der Waals surface area contributed by atoms with Crippen LogP contribution in [0.25, 0.3) is 0 Å². The van der Waals surface area contributed by atoms with E-state index in [-0.39, 0.29) is 19.0 Å². The molecule has 1 aliphatic heterocycles. The molecule has 1 aliphatic rings. The molecule has 11 nitrogen and oxygen atoms in total. The summed E-state index contributed by atoms with van der Waals surface area (Å²) >= 11 is 0. The van der Waals surface area contributed by atoms with Gasteiger partial charge in [0.2, 0.25) is 0 Å². The van der Waals surface area contributed by atoms with Gasteiger partial charge in [0.25, 0.3) is 0 Å². The number of hydrogen-bond donors (Lipinski definition) is 4. The zero-order valence-electron chi connectivity index (χ0n) is 13.1. The monoisotopic (exact) mass is 365 g/mol. The van der Waals surface area contributed by atoms with E-state index < -0.39 is 37.8 Å². The molecule has 136 valence electrons. The minimum atomic E-state index is -3.29. The molecule has 1 aromatic rings. The van der Waals surface area contributed by atoms with Crippen molar-refractivity contribution in [2.75, 3.05) is 25.4 Å². The van der Waals surface area contributed by atoms with Crippen molar-refractivity contribution in [1.82, 2.24) is 9.55 Å². The number of aromatic nitrogens is 2. The zero-order chi connectivity index (χ0) is 17.9. The lowest BCUT2D eigenvalue weighted by atomic mass is 10.1. The molecule has 0 amide bonds. The molecule has 4 N–H and O–H groups in total. The zero-order valence-corrected chi connectivity index (χ0v) is 14.0. The van der Waals surface area contributed by atoms with Crippen molar-refractivity contribution in [2.45, 2.75) is 31.5 Å². The van der Waals surface area contributed by atoms with Crippen LogP contribution in [0.3, 0.4) is 0 Å². The first kappa shape index (κ1) is 19.0. The number of nitrogens with zero attached hydrogens (tertiary/aromatic N) is 2. The Morgan fingerprint density at radius 2 is 2.12 bits per heavy atom. The standard InChI is InChI=1S/C12H20N3O8P/c1-3-21-24(2,20)22-6-7-9(16)10(17)11(23-7)15-5-4-8(14-19)13-12(15)18/h4-5,7,9-11,16-17,19H,3,6H2,1-2H3,(H,13,14,18)/t7-,9?,10+,11-,24?/m1/s1. The lowest BCUT2D eigenvalue weighted by Gasteiger charge is -2.18. The van der Waals surface area contributed by atoms with E-state index in [4.69, 9.17) is 19.0 Å². The number of ether oxygens (including phenoxy) is 1. The van der Waals surface area contributed by atoms with E-state index >= 15 is 0 Å². The molecule has 0 radical (unpaired) electrons. The molecule has 0 aliphatic carbocycles. The van der Waals surface area contributed by atoms with Gasteiger partial charge in [-0.25, -0.2) is 4.79 Å². The second-order valence-electron chi connectivity index (χ2n) is 5.15. The molecule has 1 saturated heterocycles. The van der Waals surface area contributed by atoms with Gasteiger partial charge in [-0.3, -0.25) is 19.8 Å². The van der Waals surface area contributed by atoms with Gasteiger partial charge < -0.3 is 24.0 Å². The van der Waals surface area contributed by atoms with Crippen molar-refractivity contribution >= 4 is 13.4 Å². The minimum absolute atomic E-state index is 0.0761. The Morgan fingerprint density at radius 1 is 1.42 bits per heavy atom. The first-order valence-electron chi connectivity index (χ1n) is 7.16. The highest BCUT2D eigenvalue weighted by Gasteiger charge is 2.44. The summed E-state index contributed by atoms with van der Waals surface area (Å²) in [5, 5.41) is 28.8. The molecule has 0 spiro atoms. The van der Waals surface area contributed by atoms with E-state index in [0.717, 1.165) is 4.57 Å². The maximum absolute atomic E-state index is 11.9. The molecule has 5 atom stereocenters.